The molecular weight excluding hydrogens is 372 g/mol. The van der Waals surface area contributed by atoms with Gasteiger partial charge in [0.15, 0.2) is 0 Å². The number of methoxy groups -OCH3 is 1. The number of anilines is 1. The van der Waals surface area contributed by atoms with Crippen molar-refractivity contribution in [3.05, 3.63) is 56.6 Å². The number of hydrogen-bond donors (Lipinski definition) is 1. The Morgan fingerprint density at radius 2 is 2.00 bits per heavy atom. The lowest BCUT2D eigenvalue weighted by Crippen LogP contribution is -2.02. The third-order valence-corrected chi connectivity index (χ3v) is 3.61. The first kappa shape index (κ1) is 14.5. The van der Waals surface area contributed by atoms with E-state index in [4.69, 9.17) is 4.74 Å². The molecule has 0 radical (unpaired) electrons. The third kappa shape index (κ3) is 4.30. The van der Waals surface area contributed by atoms with E-state index < -0.39 is 0 Å². The normalized spacial score (nSPS) is 10.5. The Kier molecular flexibility index (Phi) is 5.36. The van der Waals surface area contributed by atoms with Gasteiger partial charge in [0.25, 0.3) is 0 Å². The molecule has 3 nitrogen and oxygen atoms in total. The summed E-state index contributed by atoms with van der Waals surface area (Å²) in [5.41, 5.74) is 2.37. The SMILES string of the molecule is COCc1cccc(CNc2ncc(Br)cc2Br)c1. The van der Waals surface area contributed by atoms with Crippen molar-refractivity contribution in [1.82, 2.24) is 4.98 Å². The molecule has 0 spiro atoms. The largest absolute Gasteiger partial charge is 0.380 e. The van der Waals surface area contributed by atoms with Crippen LogP contribution in [0.5, 0.6) is 0 Å². The summed E-state index contributed by atoms with van der Waals surface area (Å²) < 4.78 is 7.02. The van der Waals surface area contributed by atoms with Gasteiger partial charge < -0.3 is 10.1 Å². The zero-order valence-corrected chi connectivity index (χ0v) is 13.7. The fourth-order valence-corrected chi connectivity index (χ4v) is 2.85. The smallest absolute Gasteiger partial charge is 0.140 e. The maximum Gasteiger partial charge on any atom is 0.140 e. The summed E-state index contributed by atoms with van der Waals surface area (Å²) in [6.07, 6.45) is 1.77. The van der Waals surface area contributed by atoms with Gasteiger partial charge in [-0.15, -0.1) is 0 Å². The average Bonchev–Trinajstić information content (AvgIpc) is 2.38. The number of hydrogen-bond acceptors (Lipinski definition) is 3. The lowest BCUT2D eigenvalue weighted by molar-refractivity contribution is 0.185. The number of nitrogens with zero attached hydrogens (tertiary/aromatic N) is 1. The van der Waals surface area contributed by atoms with Crippen LogP contribution < -0.4 is 5.32 Å². The van der Waals surface area contributed by atoms with Crippen LogP contribution in [0.4, 0.5) is 5.82 Å². The van der Waals surface area contributed by atoms with Gasteiger partial charge in [0.2, 0.25) is 0 Å². The summed E-state index contributed by atoms with van der Waals surface area (Å²) in [4.78, 5) is 4.32. The molecule has 100 valence electrons. The molecule has 0 atom stereocenters. The third-order valence-electron chi connectivity index (χ3n) is 2.57. The van der Waals surface area contributed by atoms with E-state index in [1.54, 1.807) is 13.3 Å². The van der Waals surface area contributed by atoms with Gasteiger partial charge in [-0.2, -0.15) is 0 Å². The molecular formula is C14H14Br2N2O. The molecule has 1 aromatic heterocycles. The minimum atomic E-state index is 0.633. The molecule has 1 N–H and O–H groups in total. The van der Waals surface area contributed by atoms with Gasteiger partial charge in [-0.05, 0) is 49.1 Å². The van der Waals surface area contributed by atoms with E-state index in [1.165, 1.54) is 11.1 Å². The van der Waals surface area contributed by atoms with E-state index in [2.05, 4.69) is 60.4 Å². The lowest BCUT2D eigenvalue weighted by Gasteiger charge is -2.09. The highest BCUT2D eigenvalue weighted by molar-refractivity contribution is 9.11. The molecule has 5 heteroatoms. The van der Waals surface area contributed by atoms with E-state index >= 15 is 0 Å². The number of ether oxygens (including phenoxy) is 1. The predicted molar refractivity (Wildman–Crippen MR) is 84.1 cm³/mol. The average molecular weight is 386 g/mol. The van der Waals surface area contributed by atoms with Gasteiger partial charge in [-0.1, -0.05) is 24.3 Å². The molecule has 2 aromatic rings. The van der Waals surface area contributed by atoms with Crippen LogP contribution in [-0.4, -0.2) is 12.1 Å². The van der Waals surface area contributed by atoms with E-state index in [1.807, 2.05) is 12.1 Å². The summed E-state index contributed by atoms with van der Waals surface area (Å²) in [6.45, 7) is 1.36. The summed E-state index contributed by atoms with van der Waals surface area (Å²) in [6, 6.07) is 10.3. The first-order chi connectivity index (χ1) is 9.19. The van der Waals surface area contributed by atoms with Crippen LogP contribution in [0.15, 0.2) is 45.5 Å². The second-order valence-corrected chi connectivity index (χ2v) is 5.86. The Balaban J connectivity index is 2.03. The van der Waals surface area contributed by atoms with Gasteiger partial charge >= 0.3 is 0 Å². The molecule has 0 saturated heterocycles. The number of benzene rings is 1. The fourth-order valence-electron chi connectivity index (χ4n) is 1.73. The number of halogens is 2. The van der Waals surface area contributed by atoms with E-state index in [0.717, 1.165) is 21.3 Å². The lowest BCUT2D eigenvalue weighted by atomic mass is 10.1. The number of aromatic nitrogens is 1. The highest BCUT2D eigenvalue weighted by atomic mass is 79.9. The van der Waals surface area contributed by atoms with Crippen molar-refractivity contribution >= 4 is 37.7 Å². The highest BCUT2D eigenvalue weighted by Crippen LogP contribution is 2.23. The Bertz CT molecular complexity index is 561. The first-order valence-corrected chi connectivity index (χ1v) is 7.39. The summed E-state index contributed by atoms with van der Waals surface area (Å²) >= 11 is 6.87. The Labute approximate surface area is 129 Å². The monoisotopic (exact) mass is 384 g/mol. The van der Waals surface area contributed by atoms with Crippen LogP contribution in [-0.2, 0) is 17.9 Å². The van der Waals surface area contributed by atoms with Crippen molar-refractivity contribution in [3.63, 3.8) is 0 Å². The molecule has 1 aromatic carbocycles. The molecule has 0 unspecified atom stereocenters. The van der Waals surface area contributed by atoms with Crippen LogP contribution in [0.25, 0.3) is 0 Å². The summed E-state index contributed by atoms with van der Waals surface area (Å²) in [5, 5.41) is 3.31. The fraction of sp³-hybridized carbons (Fsp3) is 0.214. The van der Waals surface area contributed by atoms with Crippen LogP contribution in [0, 0.1) is 0 Å². The van der Waals surface area contributed by atoms with E-state index in [9.17, 15) is 0 Å². The van der Waals surface area contributed by atoms with Crippen LogP contribution in [0.1, 0.15) is 11.1 Å². The van der Waals surface area contributed by atoms with Crippen molar-refractivity contribution in [2.24, 2.45) is 0 Å². The van der Waals surface area contributed by atoms with Gasteiger partial charge in [-0.3, -0.25) is 0 Å². The molecule has 0 aliphatic rings. The van der Waals surface area contributed by atoms with Crippen LogP contribution in [0.3, 0.4) is 0 Å². The number of pyridine rings is 1. The standard InChI is InChI=1S/C14H14Br2N2O/c1-19-9-11-4-2-3-10(5-11)7-17-14-13(16)6-12(15)8-18-14/h2-6,8H,7,9H2,1H3,(H,17,18). The van der Waals surface area contributed by atoms with Crippen molar-refractivity contribution in [2.45, 2.75) is 13.2 Å². The molecule has 0 saturated carbocycles. The predicted octanol–water partition coefficient (Wildman–Crippen LogP) is 4.37. The summed E-state index contributed by atoms with van der Waals surface area (Å²) in [7, 11) is 1.70. The topological polar surface area (TPSA) is 34.1 Å². The van der Waals surface area contributed by atoms with Crippen molar-refractivity contribution in [3.8, 4) is 0 Å². The zero-order chi connectivity index (χ0) is 13.7. The number of nitrogens with one attached hydrogen (secondary N) is 1. The van der Waals surface area contributed by atoms with Crippen molar-refractivity contribution in [2.75, 3.05) is 12.4 Å². The van der Waals surface area contributed by atoms with Crippen molar-refractivity contribution < 1.29 is 4.74 Å². The van der Waals surface area contributed by atoms with Crippen molar-refractivity contribution in [1.29, 1.82) is 0 Å². The minimum Gasteiger partial charge on any atom is -0.380 e. The van der Waals surface area contributed by atoms with Gasteiger partial charge in [0.05, 0.1) is 11.1 Å². The Morgan fingerprint density at radius 3 is 2.74 bits per heavy atom. The molecule has 0 aliphatic carbocycles. The molecule has 19 heavy (non-hydrogen) atoms. The van der Waals surface area contributed by atoms with E-state index in [0.29, 0.717) is 6.61 Å². The number of rotatable bonds is 5. The van der Waals surface area contributed by atoms with Crippen LogP contribution >= 0.6 is 31.9 Å². The first-order valence-electron chi connectivity index (χ1n) is 5.80. The molecule has 0 bridgehead atoms. The molecule has 2 rings (SSSR count). The maximum atomic E-state index is 5.13. The minimum absolute atomic E-state index is 0.633. The molecule has 0 fully saturated rings. The second kappa shape index (κ2) is 7.03. The molecule has 0 aliphatic heterocycles. The maximum absolute atomic E-state index is 5.13. The Morgan fingerprint density at radius 1 is 1.21 bits per heavy atom. The quantitative estimate of drug-likeness (QED) is 0.829. The van der Waals surface area contributed by atoms with Gasteiger partial charge in [-0.25, -0.2) is 4.98 Å². The summed E-state index contributed by atoms with van der Waals surface area (Å²) in [5.74, 6) is 0.834. The Hall–Kier alpha value is -0.910. The second-order valence-electron chi connectivity index (χ2n) is 4.09. The van der Waals surface area contributed by atoms with Gasteiger partial charge in [0, 0.05) is 24.3 Å². The molecule has 0 amide bonds. The van der Waals surface area contributed by atoms with Gasteiger partial charge in [0.1, 0.15) is 5.82 Å². The highest BCUT2D eigenvalue weighted by Gasteiger charge is 2.02. The van der Waals surface area contributed by atoms with Crippen LogP contribution in [0.2, 0.25) is 0 Å². The molecule has 1 heterocycles. The van der Waals surface area contributed by atoms with E-state index in [-0.39, 0.29) is 0 Å². The zero-order valence-electron chi connectivity index (χ0n) is 10.5.